The van der Waals surface area contributed by atoms with E-state index in [0.717, 1.165) is 18.4 Å². The fourth-order valence-electron chi connectivity index (χ4n) is 2.19. The third-order valence-corrected chi connectivity index (χ3v) is 3.63. The van der Waals surface area contributed by atoms with E-state index in [0.29, 0.717) is 12.5 Å². The van der Waals surface area contributed by atoms with Crippen LogP contribution in [-0.2, 0) is 20.9 Å². The van der Waals surface area contributed by atoms with E-state index in [-0.39, 0.29) is 18.4 Å². The quantitative estimate of drug-likeness (QED) is 0.767. The van der Waals surface area contributed by atoms with Crippen molar-refractivity contribution in [3.05, 3.63) is 35.9 Å². The first-order valence-corrected chi connectivity index (χ1v) is 7.24. The second kappa shape index (κ2) is 7.22. The van der Waals surface area contributed by atoms with Gasteiger partial charge in [0.1, 0.15) is 6.10 Å². The molecule has 1 amide bonds. The summed E-state index contributed by atoms with van der Waals surface area (Å²) in [6, 6.07) is 9.34. The van der Waals surface area contributed by atoms with E-state index in [1.54, 1.807) is 6.92 Å². The summed E-state index contributed by atoms with van der Waals surface area (Å²) in [6.07, 6.45) is 1.34. The van der Waals surface area contributed by atoms with E-state index < -0.39 is 12.1 Å². The van der Waals surface area contributed by atoms with Crippen molar-refractivity contribution >= 4 is 11.9 Å². The van der Waals surface area contributed by atoms with Crippen molar-refractivity contribution in [2.45, 2.75) is 44.9 Å². The summed E-state index contributed by atoms with van der Waals surface area (Å²) in [5.74, 6) is -0.833. The van der Waals surface area contributed by atoms with Gasteiger partial charge in [-0.15, -0.1) is 0 Å². The van der Waals surface area contributed by atoms with Crippen molar-refractivity contribution in [2.75, 3.05) is 0 Å². The molecule has 2 rings (SSSR count). The SMILES string of the molecule is CC(OCc1ccccc1)C(=O)NC(CC(=O)O)C1CC1. The minimum atomic E-state index is -0.884. The van der Waals surface area contributed by atoms with Gasteiger partial charge in [-0.3, -0.25) is 9.59 Å². The molecule has 1 fully saturated rings. The number of nitrogens with one attached hydrogen (secondary N) is 1. The third-order valence-electron chi connectivity index (χ3n) is 3.63. The summed E-state index contributed by atoms with van der Waals surface area (Å²) in [7, 11) is 0. The standard InChI is InChI=1S/C16H21NO4/c1-11(21-10-12-5-3-2-4-6-12)16(20)17-14(9-15(18)19)13-7-8-13/h2-6,11,13-14H,7-10H2,1H3,(H,17,20)(H,18,19). The maximum atomic E-state index is 12.1. The highest BCUT2D eigenvalue weighted by Crippen LogP contribution is 2.34. The fourth-order valence-corrected chi connectivity index (χ4v) is 2.19. The Morgan fingerprint density at radius 2 is 2.00 bits per heavy atom. The van der Waals surface area contributed by atoms with Gasteiger partial charge >= 0.3 is 5.97 Å². The molecule has 0 aliphatic heterocycles. The summed E-state index contributed by atoms with van der Waals surface area (Å²) in [6.45, 7) is 2.05. The summed E-state index contributed by atoms with van der Waals surface area (Å²) >= 11 is 0. The Bertz CT molecular complexity index is 484. The van der Waals surface area contributed by atoms with Crippen molar-refractivity contribution in [3.8, 4) is 0 Å². The molecule has 2 atom stereocenters. The van der Waals surface area contributed by atoms with Crippen molar-refractivity contribution < 1.29 is 19.4 Å². The van der Waals surface area contributed by atoms with Crippen molar-refractivity contribution in [1.82, 2.24) is 5.32 Å². The number of benzene rings is 1. The molecule has 1 saturated carbocycles. The van der Waals surface area contributed by atoms with Crippen LogP contribution >= 0.6 is 0 Å². The number of hydrogen-bond acceptors (Lipinski definition) is 3. The lowest BCUT2D eigenvalue weighted by atomic mass is 10.1. The molecule has 21 heavy (non-hydrogen) atoms. The average Bonchev–Trinajstić information content (AvgIpc) is 3.29. The molecule has 0 saturated heterocycles. The third kappa shape index (κ3) is 5.19. The second-order valence-corrected chi connectivity index (χ2v) is 5.49. The van der Waals surface area contributed by atoms with Gasteiger partial charge in [-0.2, -0.15) is 0 Å². The highest BCUT2D eigenvalue weighted by molar-refractivity contribution is 5.81. The minimum absolute atomic E-state index is 0.0260. The predicted octanol–water partition coefficient (Wildman–Crippen LogP) is 1.96. The number of aliphatic carboxylic acids is 1. The molecular weight excluding hydrogens is 270 g/mol. The number of carboxylic acid groups (broad SMARTS) is 1. The Kier molecular flexibility index (Phi) is 5.33. The molecule has 1 aliphatic rings. The smallest absolute Gasteiger partial charge is 0.305 e. The largest absolute Gasteiger partial charge is 0.481 e. The Morgan fingerprint density at radius 3 is 2.57 bits per heavy atom. The van der Waals surface area contributed by atoms with Crippen LogP contribution in [0.5, 0.6) is 0 Å². The Balaban J connectivity index is 1.79. The minimum Gasteiger partial charge on any atom is -0.481 e. The van der Waals surface area contributed by atoms with Gasteiger partial charge in [-0.25, -0.2) is 0 Å². The maximum absolute atomic E-state index is 12.1. The van der Waals surface area contributed by atoms with Crippen LogP contribution in [0.3, 0.4) is 0 Å². The average molecular weight is 291 g/mol. The molecule has 5 nitrogen and oxygen atoms in total. The van der Waals surface area contributed by atoms with Crippen LogP contribution in [-0.4, -0.2) is 29.1 Å². The van der Waals surface area contributed by atoms with Gasteiger partial charge in [-0.05, 0) is 31.2 Å². The number of carbonyl (C=O) groups excluding carboxylic acids is 1. The van der Waals surface area contributed by atoms with E-state index >= 15 is 0 Å². The fraction of sp³-hybridized carbons (Fsp3) is 0.500. The van der Waals surface area contributed by atoms with Crippen LogP contribution in [0.4, 0.5) is 0 Å². The lowest BCUT2D eigenvalue weighted by Crippen LogP contribution is -2.43. The number of ether oxygens (including phenoxy) is 1. The monoisotopic (exact) mass is 291 g/mol. The first-order chi connectivity index (χ1) is 10.1. The van der Waals surface area contributed by atoms with Gasteiger partial charge in [0, 0.05) is 6.04 Å². The molecular formula is C16H21NO4. The highest BCUT2D eigenvalue weighted by Gasteiger charge is 2.34. The first-order valence-electron chi connectivity index (χ1n) is 7.24. The number of amides is 1. The van der Waals surface area contributed by atoms with Gasteiger partial charge in [0.25, 0.3) is 0 Å². The summed E-state index contributed by atoms with van der Waals surface area (Å²) in [4.78, 5) is 22.9. The van der Waals surface area contributed by atoms with Crippen LogP contribution < -0.4 is 5.32 Å². The first kappa shape index (κ1) is 15.5. The van der Waals surface area contributed by atoms with Crippen molar-refractivity contribution in [1.29, 1.82) is 0 Å². The zero-order chi connectivity index (χ0) is 15.2. The highest BCUT2D eigenvalue weighted by atomic mass is 16.5. The number of rotatable bonds is 8. The van der Waals surface area contributed by atoms with Gasteiger partial charge in [0.2, 0.25) is 5.91 Å². The van der Waals surface area contributed by atoms with E-state index in [9.17, 15) is 9.59 Å². The zero-order valence-electron chi connectivity index (χ0n) is 12.1. The van der Waals surface area contributed by atoms with Gasteiger partial charge in [0.05, 0.1) is 13.0 Å². The normalized spacial score (nSPS) is 17.0. The van der Waals surface area contributed by atoms with Crippen LogP contribution in [0.15, 0.2) is 30.3 Å². The number of carbonyl (C=O) groups is 2. The molecule has 0 heterocycles. The van der Waals surface area contributed by atoms with Gasteiger partial charge in [-0.1, -0.05) is 30.3 Å². The maximum Gasteiger partial charge on any atom is 0.305 e. The lowest BCUT2D eigenvalue weighted by Gasteiger charge is -2.19. The van der Waals surface area contributed by atoms with Crippen molar-refractivity contribution in [3.63, 3.8) is 0 Å². The van der Waals surface area contributed by atoms with E-state index in [2.05, 4.69) is 5.32 Å². The molecule has 0 bridgehead atoms. The molecule has 5 heteroatoms. The van der Waals surface area contributed by atoms with E-state index in [1.165, 1.54) is 0 Å². The molecule has 1 aromatic rings. The van der Waals surface area contributed by atoms with Crippen LogP contribution in [0.1, 0.15) is 31.7 Å². The zero-order valence-corrected chi connectivity index (χ0v) is 12.1. The summed E-state index contributed by atoms with van der Waals surface area (Å²) in [5.41, 5.74) is 1.00. The Hall–Kier alpha value is -1.88. The Morgan fingerprint density at radius 1 is 1.33 bits per heavy atom. The van der Waals surface area contributed by atoms with Crippen LogP contribution in [0, 0.1) is 5.92 Å². The summed E-state index contributed by atoms with van der Waals surface area (Å²) in [5, 5.41) is 11.7. The van der Waals surface area contributed by atoms with E-state index in [4.69, 9.17) is 9.84 Å². The molecule has 2 unspecified atom stereocenters. The van der Waals surface area contributed by atoms with E-state index in [1.807, 2.05) is 30.3 Å². The number of carboxylic acids is 1. The molecule has 0 radical (unpaired) electrons. The van der Waals surface area contributed by atoms with Gasteiger partial charge < -0.3 is 15.2 Å². The van der Waals surface area contributed by atoms with Crippen LogP contribution in [0.2, 0.25) is 0 Å². The molecule has 114 valence electrons. The van der Waals surface area contributed by atoms with Crippen molar-refractivity contribution in [2.24, 2.45) is 5.92 Å². The van der Waals surface area contributed by atoms with Gasteiger partial charge in [0.15, 0.2) is 0 Å². The molecule has 0 spiro atoms. The topological polar surface area (TPSA) is 75.6 Å². The number of hydrogen-bond donors (Lipinski definition) is 2. The second-order valence-electron chi connectivity index (χ2n) is 5.49. The lowest BCUT2D eigenvalue weighted by molar-refractivity contribution is -0.138. The Labute approximate surface area is 124 Å². The predicted molar refractivity (Wildman–Crippen MR) is 77.6 cm³/mol. The van der Waals surface area contributed by atoms with Crippen LogP contribution in [0.25, 0.3) is 0 Å². The molecule has 1 aliphatic carbocycles. The molecule has 0 aromatic heterocycles. The summed E-state index contributed by atoms with van der Waals surface area (Å²) < 4.78 is 5.54. The molecule has 2 N–H and O–H groups in total. The molecule has 1 aromatic carbocycles.